The molecule has 10 heteroatoms. The summed E-state index contributed by atoms with van der Waals surface area (Å²) in [4.78, 5) is 41.4. The molecule has 0 aliphatic heterocycles. The van der Waals surface area contributed by atoms with Gasteiger partial charge in [0.05, 0.1) is 11.8 Å². The highest BCUT2D eigenvalue weighted by atomic mass is 19.1. The van der Waals surface area contributed by atoms with Gasteiger partial charge in [-0.05, 0) is 24.3 Å². The number of carboxylic acids is 2. The summed E-state index contributed by atoms with van der Waals surface area (Å²) in [5.41, 5.74) is -0.0233. The Bertz CT molecular complexity index is 763. The maximum Gasteiger partial charge on any atom is 0.414 e. The molecule has 4 N–H and O–H groups in total. The van der Waals surface area contributed by atoms with Crippen LogP contribution in [0.25, 0.3) is 0 Å². The summed E-state index contributed by atoms with van der Waals surface area (Å²) >= 11 is 0. The minimum atomic E-state index is -1.82. The lowest BCUT2D eigenvalue weighted by Crippen LogP contribution is -2.34. The van der Waals surface area contributed by atoms with Crippen molar-refractivity contribution in [2.45, 2.75) is 0 Å². The molecule has 0 aliphatic carbocycles. The first-order chi connectivity index (χ1) is 12.3. The summed E-state index contributed by atoms with van der Waals surface area (Å²) in [7, 11) is 0. The van der Waals surface area contributed by atoms with Gasteiger partial charge in [-0.2, -0.15) is 0 Å². The number of rotatable bonds is 5. The SMILES string of the molecule is O=C(NCCNC(=O)c1ccccc1F)c1ccco1.O=C(O)C(=O)O. The number of hydrogen-bond donors (Lipinski definition) is 4. The molecular formula is C16H15FN2O7. The normalized spacial score (nSPS) is 9.42. The van der Waals surface area contributed by atoms with Crippen molar-refractivity contribution in [1.29, 1.82) is 0 Å². The molecule has 0 unspecified atom stereocenters. The second-order valence-electron chi connectivity index (χ2n) is 4.58. The number of carbonyl (C=O) groups excluding carboxylic acids is 2. The maximum atomic E-state index is 13.3. The van der Waals surface area contributed by atoms with Crippen molar-refractivity contribution < 1.29 is 38.2 Å². The highest BCUT2D eigenvalue weighted by Crippen LogP contribution is 2.05. The largest absolute Gasteiger partial charge is 0.473 e. The minimum Gasteiger partial charge on any atom is -0.473 e. The van der Waals surface area contributed by atoms with Crippen molar-refractivity contribution in [2.75, 3.05) is 13.1 Å². The van der Waals surface area contributed by atoms with Crippen molar-refractivity contribution in [3.05, 3.63) is 59.8 Å². The van der Waals surface area contributed by atoms with E-state index in [9.17, 15) is 14.0 Å². The van der Waals surface area contributed by atoms with Crippen LogP contribution >= 0.6 is 0 Å². The molecule has 2 aromatic rings. The molecule has 0 fully saturated rings. The third-order valence-electron chi connectivity index (χ3n) is 2.74. The zero-order valence-electron chi connectivity index (χ0n) is 13.3. The van der Waals surface area contributed by atoms with Gasteiger partial charge < -0.3 is 25.3 Å². The van der Waals surface area contributed by atoms with Crippen LogP contribution in [-0.2, 0) is 9.59 Å². The zero-order chi connectivity index (χ0) is 19.5. The Balaban J connectivity index is 0.000000487. The fraction of sp³-hybridized carbons (Fsp3) is 0.125. The monoisotopic (exact) mass is 366 g/mol. The van der Waals surface area contributed by atoms with Crippen molar-refractivity contribution in [2.24, 2.45) is 0 Å². The molecule has 2 rings (SSSR count). The predicted molar refractivity (Wildman–Crippen MR) is 85.0 cm³/mol. The van der Waals surface area contributed by atoms with Crippen LogP contribution in [0.1, 0.15) is 20.9 Å². The van der Waals surface area contributed by atoms with E-state index in [-0.39, 0.29) is 30.3 Å². The number of carboxylic acid groups (broad SMARTS) is 2. The van der Waals surface area contributed by atoms with Crippen LogP contribution in [-0.4, -0.2) is 47.1 Å². The molecule has 138 valence electrons. The van der Waals surface area contributed by atoms with E-state index in [1.165, 1.54) is 30.5 Å². The summed E-state index contributed by atoms with van der Waals surface area (Å²) < 4.78 is 18.2. The average molecular weight is 366 g/mol. The summed E-state index contributed by atoms with van der Waals surface area (Å²) in [6, 6.07) is 8.84. The third-order valence-corrected chi connectivity index (χ3v) is 2.74. The lowest BCUT2D eigenvalue weighted by molar-refractivity contribution is -0.159. The lowest BCUT2D eigenvalue weighted by Gasteiger charge is -2.06. The Morgan fingerprint density at radius 3 is 1.96 bits per heavy atom. The van der Waals surface area contributed by atoms with Crippen LogP contribution in [0.5, 0.6) is 0 Å². The lowest BCUT2D eigenvalue weighted by atomic mass is 10.2. The van der Waals surface area contributed by atoms with Gasteiger partial charge in [0.15, 0.2) is 5.76 Å². The molecule has 1 aromatic heterocycles. The van der Waals surface area contributed by atoms with Gasteiger partial charge in [0.1, 0.15) is 5.82 Å². The van der Waals surface area contributed by atoms with E-state index in [4.69, 9.17) is 24.2 Å². The summed E-state index contributed by atoms with van der Waals surface area (Å²) in [5, 5.41) is 19.9. The van der Waals surface area contributed by atoms with Gasteiger partial charge >= 0.3 is 11.9 Å². The second-order valence-corrected chi connectivity index (χ2v) is 4.58. The van der Waals surface area contributed by atoms with Crippen molar-refractivity contribution in [3.63, 3.8) is 0 Å². The van der Waals surface area contributed by atoms with E-state index < -0.39 is 23.7 Å². The number of furan rings is 1. The molecule has 9 nitrogen and oxygen atoms in total. The summed E-state index contributed by atoms with van der Waals surface area (Å²) in [5.74, 6) is -4.91. The Hall–Kier alpha value is -3.69. The number of hydrogen-bond acceptors (Lipinski definition) is 5. The topological polar surface area (TPSA) is 146 Å². The van der Waals surface area contributed by atoms with E-state index in [2.05, 4.69) is 10.6 Å². The highest BCUT2D eigenvalue weighted by molar-refractivity contribution is 6.27. The highest BCUT2D eigenvalue weighted by Gasteiger charge is 2.11. The maximum absolute atomic E-state index is 13.3. The fourth-order valence-electron chi connectivity index (χ4n) is 1.59. The number of nitrogens with one attached hydrogen (secondary N) is 2. The Morgan fingerprint density at radius 2 is 1.46 bits per heavy atom. The smallest absolute Gasteiger partial charge is 0.414 e. The third kappa shape index (κ3) is 6.83. The first kappa shape index (κ1) is 20.4. The minimum absolute atomic E-state index is 0.0233. The summed E-state index contributed by atoms with van der Waals surface area (Å²) in [6.07, 6.45) is 1.40. The van der Waals surface area contributed by atoms with Crippen LogP contribution in [0, 0.1) is 5.82 Å². The molecule has 1 heterocycles. The van der Waals surface area contributed by atoms with Gasteiger partial charge in [0.2, 0.25) is 0 Å². The van der Waals surface area contributed by atoms with Crippen LogP contribution < -0.4 is 10.6 Å². The van der Waals surface area contributed by atoms with E-state index in [1.807, 2.05) is 0 Å². The number of benzene rings is 1. The molecule has 0 radical (unpaired) electrons. The van der Waals surface area contributed by atoms with Crippen molar-refractivity contribution in [3.8, 4) is 0 Å². The Morgan fingerprint density at radius 1 is 0.885 bits per heavy atom. The number of aliphatic carboxylic acids is 2. The quantitative estimate of drug-likeness (QED) is 0.451. The van der Waals surface area contributed by atoms with Crippen LogP contribution in [0.3, 0.4) is 0 Å². The summed E-state index contributed by atoms with van der Waals surface area (Å²) in [6.45, 7) is 0.416. The van der Waals surface area contributed by atoms with Gasteiger partial charge in [0.25, 0.3) is 11.8 Å². The zero-order valence-corrected chi connectivity index (χ0v) is 13.3. The first-order valence-corrected chi connectivity index (χ1v) is 7.13. The van der Waals surface area contributed by atoms with E-state index in [0.717, 1.165) is 0 Å². The molecule has 0 aliphatic rings. The van der Waals surface area contributed by atoms with Gasteiger partial charge in [-0.3, -0.25) is 9.59 Å². The van der Waals surface area contributed by atoms with E-state index in [0.29, 0.717) is 0 Å². The first-order valence-electron chi connectivity index (χ1n) is 7.13. The number of amides is 2. The van der Waals surface area contributed by atoms with E-state index in [1.54, 1.807) is 12.1 Å². The average Bonchev–Trinajstić information content (AvgIpc) is 3.14. The molecule has 1 aromatic carbocycles. The van der Waals surface area contributed by atoms with Gasteiger partial charge in [-0.1, -0.05) is 12.1 Å². The Labute approximate surface area is 146 Å². The van der Waals surface area contributed by atoms with Gasteiger partial charge in [-0.15, -0.1) is 0 Å². The van der Waals surface area contributed by atoms with Crippen molar-refractivity contribution in [1.82, 2.24) is 10.6 Å². The van der Waals surface area contributed by atoms with Crippen molar-refractivity contribution >= 4 is 23.8 Å². The molecule has 0 saturated carbocycles. The van der Waals surface area contributed by atoms with Crippen LogP contribution in [0.2, 0.25) is 0 Å². The fourth-order valence-corrected chi connectivity index (χ4v) is 1.59. The molecule has 0 saturated heterocycles. The molecule has 26 heavy (non-hydrogen) atoms. The second kappa shape index (κ2) is 10.2. The van der Waals surface area contributed by atoms with Crippen LogP contribution in [0.15, 0.2) is 47.1 Å². The molecular weight excluding hydrogens is 351 g/mol. The molecule has 0 spiro atoms. The molecule has 2 amide bonds. The Kier molecular flexibility index (Phi) is 8.01. The molecule has 0 atom stereocenters. The van der Waals surface area contributed by atoms with Gasteiger partial charge in [-0.25, -0.2) is 14.0 Å². The molecule has 0 bridgehead atoms. The standard InChI is InChI=1S/C14H13FN2O3.C2H2O4/c15-11-5-2-1-4-10(11)13(18)16-7-8-17-14(19)12-6-3-9-20-12;3-1(4)2(5)6/h1-6,9H,7-8H2,(H,16,18)(H,17,19);(H,3,4)(H,5,6). The number of halogens is 1. The van der Waals surface area contributed by atoms with E-state index >= 15 is 0 Å². The number of carbonyl (C=O) groups is 4. The predicted octanol–water partition coefficient (Wildman–Crippen LogP) is 0.734. The van der Waals surface area contributed by atoms with Crippen LogP contribution in [0.4, 0.5) is 4.39 Å². The van der Waals surface area contributed by atoms with Gasteiger partial charge in [0, 0.05) is 13.1 Å².